The van der Waals surface area contributed by atoms with Gasteiger partial charge in [0.15, 0.2) is 0 Å². The average Bonchev–Trinajstić information content (AvgIpc) is 2.29. The molecule has 0 saturated heterocycles. The van der Waals surface area contributed by atoms with Crippen molar-refractivity contribution in [2.24, 2.45) is 5.73 Å². The highest BCUT2D eigenvalue weighted by atomic mass is 16.5. The lowest BCUT2D eigenvalue weighted by Crippen LogP contribution is -2.08. The van der Waals surface area contributed by atoms with Gasteiger partial charge in [-0.25, -0.2) is 0 Å². The van der Waals surface area contributed by atoms with Crippen molar-refractivity contribution >= 4 is 5.97 Å². The number of ether oxygens (including phenoxy) is 2. The summed E-state index contributed by atoms with van der Waals surface area (Å²) in [5.74, 6) is 0.446. The van der Waals surface area contributed by atoms with Gasteiger partial charge in [-0.1, -0.05) is 12.1 Å². The van der Waals surface area contributed by atoms with Crippen molar-refractivity contribution in [3.8, 4) is 5.75 Å². The summed E-state index contributed by atoms with van der Waals surface area (Å²) < 4.78 is 9.92. The summed E-state index contributed by atoms with van der Waals surface area (Å²) in [5.41, 5.74) is 6.76. The number of esters is 1. The zero-order valence-electron chi connectivity index (χ0n) is 9.60. The molecule has 0 aliphatic rings. The lowest BCUT2D eigenvalue weighted by Gasteiger charge is -2.09. The fourth-order valence-corrected chi connectivity index (χ4v) is 1.24. The van der Waals surface area contributed by atoms with Crippen LogP contribution in [0.1, 0.15) is 24.9 Å². The molecular formula is C12H17NO3. The first-order valence-corrected chi connectivity index (χ1v) is 5.18. The molecular weight excluding hydrogens is 206 g/mol. The predicted octanol–water partition coefficient (Wildman–Crippen LogP) is 1.65. The van der Waals surface area contributed by atoms with Gasteiger partial charge in [-0.15, -0.1) is 0 Å². The van der Waals surface area contributed by atoms with Crippen LogP contribution in [-0.2, 0) is 9.53 Å². The van der Waals surface area contributed by atoms with Gasteiger partial charge in [0.1, 0.15) is 5.75 Å². The quantitative estimate of drug-likeness (QED) is 0.771. The molecule has 2 N–H and O–H groups in total. The Hall–Kier alpha value is -1.55. The molecule has 0 radical (unpaired) electrons. The van der Waals surface area contributed by atoms with Crippen LogP contribution in [0.25, 0.3) is 0 Å². The first-order valence-electron chi connectivity index (χ1n) is 5.18. The van der Waals surface area contributed by atoms with Crippen molar-refractivity contribution in [1.82, 2.24) is 0 Å². The van der Waals surface area contributed by atoms with Crippen molar-refractivity contribution in [3.05, 3.63) is 29.8 Å². The van der Waals surface area contributed by atoms with Gasteiger partial charge < -0.3 is 15.2 Å². The van der Waals surface area contributed by atoms with Gasteiger partial charge in [0.2, 0.25) is 0 Å². The molecule has 1 atom stereocenters. The average molecular weight is 223 g/mol. The molecule has 0 aliphatic carbocycles. The topological polar surface area (TPSA) is 61.5 Å². The van der Waals surface area contributed by atoms with E-state index in [1.54, 1.807) is 0 Å². The Bertz CT molecular complexity index is 350. The maximum atomic E-state index is 10.9. The predicted molar refractivity (Wildman–Crippen MR) is 61.2 cm³/mol. The number of nitrogens with two attached hydrogens (primary N) is 1. The van der Waals surface area contributed by atoms with Gasteiger partial charge in [-0.3, -0.25) is 4.79 Å². The van der Waals surface area contributed by atoms with E-state index in [4.69, 9.17) is 10.5 Å². The molecule has 4 heteroatoms. The third-order valence-corrected chi connectivity index (χ3v) is 2.19. The van der Waals surface area contributed by atoms with Crippen molar-refractivity contribution in [2.45, 2.75) is 19.4 Å². The Labute approximate surface area is 95.3 Å². The Morgan fingerprint density at radius 3 is 2.88 bits per heavy atom. The van der Waals surface area contributed by atoms with E-state index in [-0.39, 0.29) is 18.4 Å². The first-order chi connectivity index (χ1) is 7.63. The highest BCUT2D eigenvalue weighted by molar-refractivity contribution is 5.69. The van der Waals surface area contributed by atoms with E-state index >= 15 is 0 Å². The Morgan fingerprint density at radius 1 is 1.50 bits per heavy atom. The SMILES string of the molecule is COC(=O)CCOc1cccc([C@@H](C)N)c1. The van der Waals surface area contributed by atoms with E-state index in [0.29, 0.717) is 6.61 Å². The fourth-order valence-electron chi connectivity index (χ4n) is 1.24. The van der Waals surface area contributed by atoms with Crippen LogP contribution in [0, 0.1) is 0 Å². The molecule has 4 nitrogen and oxygen atoms in total. The molecule has 0 bridgehead atoms. The Kier molecular flexibility index (Phi) is 4.79. The van der Waals surface area contributed by atoms with E-state index in [2.05, 4.69) is 4.74 Å². The van der Waals surface area contributed by atoms with E-state index < -0.39 is 0 Å². The molecule has 1 rings (SSSR count). The van der Waals surface area contributed by atoms with Crippen molar-refractivity contribution in [2.75, 3.05) is 13.7 Å². The maximum absolute atomic E-state index is 10.9. The van der Waals surface area contributed by atoms with Crippen LogP contribution < -0.4 is 10.5 Å². The van der Waals surface area contributed by atoms with Gasteiger partial charge >= 0.3 is 5.97 Å². The van der Waals surface area contributed by atoms with Crippen LogP contribution in [0.2, 0.25) is 0 Å². The number of hydrogen-bond donors (Lipinski definition) is 1. The molecule has 88 valence electrons. The van der Waals surface area contributed by atoms with E-state index in [1.165, 1.54) is 7.11 Å². The first kappa shape index (κ1) is 12.5. The van der Waals surface area contributed by atoms with Crippen LogP contribution in [0.5, 0.6) is 5.75 Å². The molecule has 0 heterocycles. The monoisotopic (exact) mass is 223 g/mol. The molecule has 1 aromatic rings. The van der Waals surface area contributed by atoms with Crippen molar-refractivity contribution < 1.29 is 14.3 Å². The molecule has 0 amide bonds. The number of rotatable bonds is 5. The third-order valence-electron chi connectivity index (χ3n) is 2.19. The summed E-state index contributed by atoms with van der Waals surface area (Å²) in [6.45, 7) is 2.22. The minimum absolute atomic E-state index is 0.0239. The smallest absolute Gasteiger partial charge is 0.308 e. The molecule has 1 aromatic carbocycles. The number of benzene rings is 1. The standard InChI is InChI=1S/C12H17NO3/c1-9(13)10-4-3-5-11(8-10)16-7-6-12(14)15-2/h3-5,8-9H,6-7,13H2,1-2H3/t9-/m1/s1. The highest BCUT2D eigenvalue weighted by Crippen LogP contribution is 2.17. The number of methoxy groups -OCH3 is 1. The number of hydrogen-bond acceptors (Lipinski definition) is 4. The lowest BCUT2D eigenvalue weighted by atomic mass is 10.1. The zero-order valence-corrected chi connectivity index (χ0v) is 9.60. The lowest BCUT2D eigenvalue weighted by molar-refractivity contribution is -0.141. The maximum Gasteiger partial charge on any atom is 0.308 e. The molecule has 0 aliphatic heterocycles. The minimum Gasteiger partial charge on any atom is -0.493 e. The highest BCUT2D eigenvalue weighted by Gasteiger charge is 2.03. The molecule has 0 spiro atoms. The summed E-state index contributed by atoms with van der Waals surface area (Å²) in [7, 11) is 1.36. The summed E-state index contributed by atoms with van der Waals surface area (Å²) in [5, 5.41) is 0. The van der Waals surface area contributed by atoms with E-state index in [0.717, 1.165) is 11.3 Å². The summed E-state index contributed by atoms with van der Waals surface area (Å²) in [4.78, 5) is 10.9. The summed E-state index contributed by atoms with van der Waals surface area (Å²) in [6.07, 6.45) is 0.249. The van der Waals surface area contributed by atoms with Crippen molar-refractivity contribution in [3.63, 3.8) is 0 Å². The second kappa shape index (κ2) is 6.12. The van der Waals surface area contributed by atoms with Gasteiger partial charge in [0, 0.05) is 6.04 Å². The Balaban J connectivity index is 2.48. The van der Waals surface area contributed by atoms with E-state index in [1.807, 2.05) is 31.2 Å². The minimum atomic E-state index is -0.275. The molecule has 0 unspecified atom stereocenters. The zero-order chi connectivity index (χ0) is 12.0. The largest absolute Gasteiger partial charge is 0.493 e. The molecule has 0 aromatic heterocycles. The van der Waals surface area contributed by atoms with Gasteiger partial charge in [-0.05, 0) is 24.6 Å². The van der Waals surface area contributed by atoms with Crippen LogP contribution in [0.15, 0.2) is 24.3 Å². The van der Waals surface area contributed by atoms with Gasteiger partial charge in [0.25, 0.3) is 0 Å². The van der Waals surface area contributed by atoms with Crippen molar-refractivity contribution in [1.29, 1.82) is 0 Å². The van der Waals surface area contributed by atoms with Crippen LogP contribution in [-0.4, -0.2) is 19.7 Å². The molecule has 16 heavy (non-hydrogen) atoms. The summed E-state index contributed by atoms with van der Waals surface area (Å²) >= 11 is 0. The molecule has 0 fully saturated rings. The second-order valence-electron chi connectivity index (χ2n) is 3.54. The van der Waals surface area contributed by atoms with Crippen LogP contribution >= 0.6 is 0 Å². The van der Waals surface area contributed by atoms with Crippen LogP contribution in [0.3, 0.4) is 0 Å². The van der Waals surface area contributed by atoms with Crippen LogP contribution in [0.4, 0.5) is 0 Å². The second-order valence-corrected chi connectivity index (χ2v) is 3.54. The summed E-state index contributed by atoms with van der Waals surface area (Å²) in [6, 6.07) is 7.51. The molecule has 0 saturated carbocycles. The number of carbonyl (C=O) groups excluding carboxylic acids is 1. The normalized spacial score (nSPS) is 11.9. The Morgan fingerprint density at radius 2 is 2.25 bits per heavy atom. The van der Waals surface area contributed by atoms with Gasteiger partial charge in [0.05, 0.1) is 20.1 Å². The third kappa shape index (κ3) is 3.90. The number of carbonyl (C=O) groups is 1. The van der Waals surface area contributed by atoms with E-state index in [9.17, 15) is 4.79 Å². The van der Waals surface area contributed by atoms with Gasteiger partial charge in [-0.2, -0.15) is 0 Å². The fraction of sp³-hybridized carbons (Fsp3) is 0.417.